The molecule has 3 heterocycles. The van der Waals surface area contributed by atoms with Crippen LogP contribution in [0.4, 0.5) is 5.82 Å². The molecular weight excluding hydrogens is 420 g/mol. The molecule has 1 N–H and O–H groups in total. The summed E-state index contributed by atoms with van der Waals surface area (Å²) in [6.07, 6.45) is 3.56. The average molecular weight is 448 g/mol. The first-order chi connectivity index (χ1) is 16.9. The Kier molecular flexibility index (Phi) is 5.49. The number of anilines is 1. The molecule has 168 valence electrons. The van der Waals surface area contributed by atoms with E-state index in [2.05, 4.69) is 80.6 Å². The minimum Gasteiger partial charge on any atom is -0.345 e. The van der Waals surface area contributed by atoms with Crippen LogP contribution in [0, 0.1) is 0 Å². The van der Waals surface area contributed by atoms with Gasteiger partial charge in [0, 0.05) is 11.1 Å². The third kappa shape index (κ3) is 3.82. The first kappa shape index (κ1) is 20.6. The summed E-state index contributed by atoms with van der Waals surface area (Å²) in [7, 11) is 0. The van der Waals surface area contributed by atoms with Crippen LogP contribution in [-0.4, -0.2) is 45.9 Å². The number of aromatic nitrogens is 4. The normalized spacial score (nSPS) is 14.7. The first-order valence-electron chi connectivity index (χ1n) is 11.8. The van der Waals surface area contributed by atoms with Gasteiger partial charge in [-0.1, -0.05) is 78.9 Å². The number of rotatable bonds is 5. The molecule has 0 radical (unpaired) electrons. The molecule has 6 rings (SSSR count). The predicted octanol–water partition coefficient (Wildman–Crippen LogP) is 3.31. The molecule has 1 fully saturated rings. The summed E-state index contributed by atoms with van der Waals surface area (Å²) < 4.78 is 1.89. The summed E-state index contributed by atoms with van der Waals surface area (Å²) in [5, 5.41) is 5.62. The number of hydrogen-bond donors (Lipinski definition) is 1. The summed E-state index contributed by atoms with van der Waals surface area (Å²) in [4.78, 5) is 13.2. The quantitative estimate of drug-likeness (QED) is 0.449. The van der Waals surface area contributed by atoms with Gasteiger partial charge in [-0.05, 0) is 12.1 Å². The number of hydrogen-bond acceptors (Lipinski definition) is 4. The number of nitrogens with zero attached hydrogens (tertiary/aromatic N) is 5. The van der Waals surface area contributed by atoms with Gasteiger partial charge in [-0.2, -0.15) is 5.10 Å². The van der Waals surface area contributed by atoms with Gasteiger partial charge in [0.15, 0.2) is 5.65 Å². The summed E-state index contributed by atoms with van der Waals surface area (Å²) in [6, 6.07) is 32.2. The van der Waals surface area contributed by atoms with Crippen molar-refractivity contribution in [3.63, 3.8) is 0 Å². The van der Waals surface area contributed by atoms with Crippen molar-refractivity contribution in [2.24, 2.45) is 0 Å². The Hall–Kier alpha value is -4.03. The smallest absolute Gasteiger partial charge is 0.168 e. The zero-order chi connectivity index (χ0) is 22.7. The summed E-state index contributed by atoms with van der Waals surface area (Å²) in [5.74, 6) is 0.974. The van der Waals surface area contributed by atoms with Crippen molar-refractivity contribution in [2.45, 2.75) is 6.04 Å². The Balaban J connectivity index is 1.27. The van der Waals surface area contributed by atoms with Crippen molar-refractivity contribution >= 4 is 16.9 Å². The highest BCUT2D eigenvalue weighted by atomic mass is 15.3. The van der Waals surface area contributed by atoms with Gasteiger partial charge in [0.05, 0.1) is 43.4 Å². The third-order valence-electron chi connectivity index (χ3n) is 6.72. The van der Waals surface area contributed by atoms with Gasteiger partial charge in [0.1, 0.15) is 18.2 Å². The molecule has 1 aliphatic heterocycles. The molecule has 0 aliphatic carbocycles. The Bertz CT molecular complexity index is 1320. The van der Waals surface area contributed by atoms with Crippen LogP contribution >= 0.6 is 0 Å². The number of para-hydroxylation sites is 1. The van der Waals surface area contributed by atoms with Gasteiger partial charge in [0.25, 0.3) is 0 Å². The zero-order valence-corrected chi connectivity index (χ0v) is 19.0. The maximum atomic E-state index is 4.68. The lowest BCUT2D eigenvalue weighted by Gasteiger charge is -2.37. The topological polar surface area (TPSA) is 51.3 Å². The molecule has 2 aromatic heterocycles. The molecule has 6 nitrogen and oxygen atoms in total. The first-order valence-corrected chi connectivity index (χ1v) is 11.8. The predicted molar refractivity (Wildman–Crippen MR) is 134 cm³/mol. The molecule has 34 heavy (non-hydrogen) atoms. The summed E-state index contributed by atoms with van der Waals surface area (Å²) in [5.41, 5.74) is 4.58. The van der Waals surface area contributed by atoms with E-state index in [0.29, 0.717) is 6.04 Å². The fourth-order valence-electron chi connectivity index (χ4n) is 5.09. The molecule has 0 atom stereocenters. The van der Waals surface area contributed by atoms with E-state index in [1.54, 1.807) is 11.2 Å². The van der Waals surface area contributed by atoms with Crippen molar-refractivity contribution in [3.05, 3.63) is 115 Å². The maximum absolute atomic E-state index is 4.68. The van der Waals surface area contributed by atoms with Crippen LogP contribution in [0.3, 0.4) is 0 Å². The molecule has 1 aliphatic rings. The van der Waals surface area contributed by atoms with Crippen molar-refractivity contribution in [3.8, 4) is 5.69 Å². The number of piperazine rings is 1. The van der Waals surface area contributed by atoms with Crippen molar-refractivity contribution < 1.29 is 4.90 Å². The lowest BCUT2D eigenvalue weighted by Crippen LogP contribution is -3.15. The van der Waals surface area contributed by atoms with Gasteiger partial charge in [-0.25, -0.2) is 14.6 Å². The van der Waals surface area contributed by atoms with Crippen molar-refractivity contribution in [1.29, 1.82) is 0 Å². The minimum absolute atomic E-state index is 0.329. The highest BCUT2D eigenvalue weighted by Gasteiger charge is 2.31. The van der Waals surface area contributed by atoms with Gasteiger partial charge in [0.2, 0.25) is 0 Å². The Morgan fingerprint density at radius 1 is 0.706 bits per heavy atom. The lowest BCUT2D eigenvalue weighted by molar-refractivity contribution is -0.926. The van der Waals surface area contributed by atoms with E-state index in [-0.39, 0.29) is 0 Å². The lowest BCUT2D eigenvalue weighted by atomic mass is 9.96. The van der Waals surface area contributed by atoms with Crippen LogP contribution < -0.4 is 9.80 Å². The van der Waals surface area contributed by atoms with E-state index in [1.165, 1.54) is 11.1 Å². The Morgan fingerprint density at radius 3 is 1.91 bits per heavy atom. The van der Waals surface area contributed by atoms with Crippen LogP contribution in [0.25, 0.3) is 16.7 Å². The second kappa shape index (κ2) is 9.08. The molecular formula is C28H27N6+. The van der Waals surface area contributed by atoms with E-state index >= 15 is 0 Å². The molecule has 0 saturated carbocycles. The largest absolute Gasteiger partial charge is 0.345 e. The van der Waals surface area contributed by atoms with Crippen LogP contribution in [-0.2, 0) is 0 Å². The molecule has 0 spiro atoms. The van der Waals surface area contributed by atoms with Gasteiger partial charge in [-0.3, -0.25) is 0 Å². The number of nitrogens with one attached hydrogen (secondary N) is 1. The van der Waals surface area contributed by atoms with Crippen LogP contribution in [0.15, 0.2) is 104 Å². The molecule has 0 unspecified atom stereocenters. The Morgan fingerprint density at radius 2 is 1.29 bits per heavy atom. The average Bonchev–Trinajstić information content (AvgIpc) is 3.36. The van der Waals surface area contributed by atoms with Gasteiger partial charge < -0.3 is 9.80 Å². The number of fused-ring (bicyclic) bond motifs is 1. The van der Waals surface area contributed by atoms with E-state index in [0.717, 1.165) is 48.7 Å². The van der Waals surface area contributed by atoms with Gasteiger partial charge in [-0.15, -0.1) is 0 Å². The molecule has 3 aromatic carbocycles. The number of quaternary nitrogens is 1. The minimum atomic E-state index is 0.329. The van der Waals surface area contributed by atoms with E-state index in [1.807, 2.05) is 41.2 Å². The maximum Gasteiger partial charge on any atom is 0.168 e. The SMILES string of the molecule is c1ccc(C(c2ccccc2)[NH+]2CCN(c3ncnc4c3cnn4-c3ccccc3)CC2)cc1. The highest BCUT2D eigenvalue weighted by Crippen LogP contribution is 2.25. The summed E-state index contributed by atoms with van der Waals surface area (Å²) in [6.45, 7) is 3.95. The molecule has 1 saturated heterocycles. The third-order valence-corrected chi connectivity index (χ3v) is 6.72. The van der Waals surface area contributed by atoms with Crippen LogP contribution in [0.1, 0.15) is 17.2 Å². The van der Waals surface area contributed by atoms with Gasteiger partial charge >= 0.3 is 0 Å². The second-order valence-corrected chi connectivity index (χ2v) is 8.73. The van der Waals surface area contributed by atoms with Crippen molar-refractivity contribution in [1.82, 2.24) is 19.7 Å². The fraction of sp³-hybridized carbons (Fsp3) is 0.179. The van der Waals surface area contributed by atoms with Crippen LogP contribution in [0.5, 0.6) is 0 Å². The fourth-order valence-corrected chi connectivity index (χ4v) is 5.09. The van der Waals surface area contributed by atoms with Crippen molar-refractivity contribution in [2.75, 3.05) is 31.1 Å². The molecule has 0 bridgehead atoms. The summed E-state index contributed by atoms with van der Waals surface area (Å²) >= 11 is 0. The second-order valence-electron chi connectivity index (χ2n) is 8.73. The molecule has 6 heteroatoms. The van der Waals surface area contributed by atoms with E-state index in [4.69, 9.17) is 0 Å². The molecule has 0 amide bonds. The van der Waals surface area contributed by atoms with E-state index in [9.17, 15) is 0 Å². The standard InChI is InChI=1S/C28H26N6/c1-4-10-22(11-5-1)26(23-12-6-2-7-13-23)32-16-18-33(19-17-32)27-25-20-31-34(28(25)30-21-29-27)24-14-8-3-9-15-24/h1-15,20-21,26H,16-19H2/p+1. The zero-order valence-electron chi connectivity index (χ0n) is 19.0. The van der Waals surface area contributed by atoms with E-state index < -0.39 is 0 Å². The Labute approximate surface area is 199 Å². The van der Waals surface area contributed by atoms with Crippen LogP contribution in [0.2, 0.25) is 0 Å². The highest BCUT2D eigenvalue weighted by molar-refractivity contribution is 5.87. The monoisotopic (exact) mass is 447 g/mol. The number of benzene rings is 3. The molecule has 5 aromatic rings.